The van der Waals surface area contributed by atoms with E-state index in [1.807, 2.05) is 13.8 Å². The van der Waals surface area contributed by atoms with Gasteiger partial charge in [0.15, 0.2) is 0 Å². The normalized spacial score (nSPS) is 10.2. The number of hydrogen-bond acceptors (Lipinski definition) is 4. The summed E-state index contributed by atoms with van der Waals surface area (Å²) in [7, 11) is 0. The fraction of sp³-hybridized carbons (Fsp3) is 0.400. The van der Waals surface area contributed by atoms with Gasteiger partial charge in [-0.2, -0.15) is 0 Å². The van der Waals surface area contributed by atoms with Crippen molar-refractivity contribution in [1.29, 1.82) is 0 Å². The zero-order valence-electron chi connectivity index (χ0n) is 9.11. The summed E-state index contributed by atoms with van der Waals surface area (Å²) < 4.78 is 0. The minimum absolute atomic E-state index is 0.00316. The molecule has 0 aromatic carbocycles. The van der Waals surface area contributed by atoms with Crippen LogP contribution in [0.4, 0.5) is 0 Å². The van der Waals surface area contributed by atoms with Crippen molar-refractivity contribution in [3.63, 3.8) is 0 Å². The molecule has 6 heteroatoms. The Labute approximate surface area is 104 Å². The molecule has 4 nitrogen and oxygen atoms in total. The molecule has 16 heavy (non-hydrogen) atoms. The van der Waals surface area contributed by atoms with Crippen LogP contribution >= 0.6 is 24.0 Å². The molecule has 0 spiro atoms. The molecule has 0 atom stereocenters. The lowest BCUT2D eigenvalue weighted by molar-refractivity contribution is -0.120. The number of carbonyl (C=O) groups excluding carboxylic acids is 2. The van der Waals surface area contributed by atoms with E-state index in [0.29, 0.717) is 4.88 Å². The van der Waals surface area contributed by atoms with Crippen LogP contribution in [-0.2, 0) is 4.79 Å². The second-order valence-electron chi connectivity index (χ2n) is 3.57. The summed E-state index contributed by atoms with van der Waals surface area (Å²) in [5.74, 6) is -0.435. The van der Waals surface area contributed by atoms with Gasteiger partial charge in [-0.25, -0.2) is 0 Å². The minimum Gasteiger partial charge on any atom is -0.352 e. The SMILES string of the molecule is CC(C)NC(=O)CNC(=O)c1cc(S)cs1. The van der Waals surface area contributed by atoms with Gasteiger partial charge in [0.25, 0.3) is 5.91 Å². The maximum atomic E-state index is 11.5. The van der Waals surface area contributed by atoms with E-state index in [0.717, 1.165) is 4.90 Å². The smallest absolute Gasteiger partial charge is 0.261 e. The quantitative estimate of drug-likeness (QED) is 0.713. The monoisotopic (exact) mass is 258 g/mol. The molecule has 2 N–H and O–H groups in total. The van der Waals surface area contributed by atoms with Gasteiger partial charge in [0.2, 0.25) is 5.91 Å². The zero-order valence-corrected chi connectivity index (χ0v) is 10.8. The topological polar surface area (TPSA) is 58.2 Å². The number of thiol groups is 1. The van der Waals surface area contributed by atoms with E-state index in [1.165, 1.54) is 11.3 Å². The molecule has 0 fully saturated rings. The van der Waals surface area contributed by atoms with Crippen LogP contribution in [0.2, 0.25) is 0 Å². The Bertz CT molecular complexity index is 388. The van der Waals surface area contributed by atoms with Gasteiger partial charge in [0.05, 0.1) is 11.4 Å². The Morgan fingerprint density at radius 2 is 2.19 bits per heavy atom. The Kier molecular flexibility index (Phi) is 4.82. The van der Waals surface area contributed by atoms with Crippen molar-refractivity contribution in [1.82, 2.24) is 10.6 Å². The molecule has 0 bridgehead atoms. The van der Waals surface area contributed by atoms with Crippen LogP contribution in [0.1, 0.15) is 23.5 Å². The second kappa shape index (κ2) is 5.91. The maximum Gasteiger partial charge on any atom is 0.261 e. The third-order valence-corrected chi connectivity index (χ3v) is 3.03. The lowest BCUT2D eigenvalue weighted by atomic mass is 10.4. The van der Waals surface area contributed by atoms with E-state index in [2.05, 4.69) is 23.3 Å². The molecule has 0 saturated carbocycles. The molecule has 0 saturated heterocycles. The number of carbonyl (C=O) groups is 2. The largest absolute Gasteiger partial charge is 0.352 e. The first-order chi connectivity index (χ1) is 7.49. The zero-order chi connectivity index (χ0) is 12.1. The van der Waals surface area contributed by atoms with Crippen molar-refractivity contribution >= 4 is 35.8 Å². The third-order valence-electron chi connectivity index (χ3n) is 1.67. The number of amides is 2. The van der Waals surface area contributed by atoms with E-state index in [-0.39, 0.29) is 24.4 Å². The number of thiophene rings is 1. The van der Waals surface area contributed by atoms with Crippen molar-refractivity contribution in [3.05, 3.63) is 16.3 Å². The third kappa shape index (κ3) is 4.24. The minimum atomic E-state index is -0.246. The fourth-order valence-electron chi connectivity index (χ4n) is 1.07. The summed E-state index contributed by atoms with van der Waals surface area (Å²) in [6.07, 6.45) is 0. The lowest BCUT2D eigenvalue weighted by Gasteiger charge is -2.08. The standard InChI is InChI=1S/C10H14N2O2S2/c1-6(2)12-9(13)4-11-10(14)8-3-7(15)5-16-8/h3,5-6,15H,4H2,1-2H3,(H,11,14)(H,12,13). The molecule has 1 heterocycles. The molecule has 1 rings (SSSR count). The number of rotatable bonds is 4. The summed E-state index contributed by atoms with van der Waals surface area (Å²) in [4.78, 5) is 24.1. The van der Waals surface area contributed by atoms with Crippen LogP contribution in [0.3, 0.4) is 0 Å². The highest BCUT2D eigenvalue weighted by molar-refractivity contribution is 7.80. The van der Waals surface area contributed by atoms with Crippen LogP contribution in [0.15, 0.2) is 16.3 Å². The highest BCUT2D eigenvalue weighted by atomic mass is 32.1. The molecular formula is C10H14N2O2S2. The van der Waals surface area contributed by atoms with Crippen molar-refractivity contribution in [3.8, 4) is 0 Å². The molecule has 0 aliphatic rings. The molecule has 0 radical (unpaired) electrons. The Hall–Kier alpha value is -1.01. The van der Waals surface area contributed by atoms with Crippen LogP contribution in [0.5, 0.6) is 0 Å². The first kappa shape index (κ1) is 13.1. The van der Waals surface area contributed by atoms with E-state index >= 15 is 0 Å². The van der Waals surface area contributed by atoms with Crippen LogP contribution in [-0.4, -0.2) is 24.4 Å². The van der Waals surface area contributed by atoms with Crippen LogP contribution in [0.25, 0.3) is 0 Å². The highest BCUT2D eigenvalue weighted by Crippen LogP contribution is 2.16. The molecule has 88 valence electrons. The Balaban J connectivity index is 2.38. The summed E-state index contributed by atoms with van der Waals surface area (Å²) in [5.41, 5.74) is 0. The lowest BCUT2D eigenvalue weighted by Crippen LogP contribution is -2.39. The van der Waals surface area contributed by atoms with E-state index in [9.17, 15) is 9.59 Å². The summed E-state index contributed by atoms with van der Waals surface area (Å²) in [6, 6.07) is 1.75. The molecule has 2 amide bonds. The average molecular weight is 258 g/mol. The number of nitrogens with one attached hydrogen (secondary N) is 2. The predicted molar refractivity (Wildman–Crippen MR) is 67.2 cm³/mol. The first-order valence-electron chi connectivity index (χ1n) is 4.84. The summed E-state index contributed by atoms with van der Waals surface area (Å²) in [6.45, 7) is 3.73. The predicted octanol–water partition coefficient (Wildman–Crippen LogP) is 1.29. The molecular weight excluding hydrogens is 244 g/mol. The Morgan fingerprint density at radius 3 is 2.69 bits per heavy atom. The summed E-state index contributed by atoms with van der Waals surface area (Å²) in [5, 5.41) is 7.00. The van der Waals surface area contributed by atoms with Crippen molar-refractivity contribution < 1.29 is 9.59 Å². The van der Waals surface area contributed by atoms with Gasteiger partial charge in [-0.05, 0) is 19.9 Å². The van der Waals surface area contributed by atoms with Gasteiger partial charge in [-0.15, -0.1) is 24.0 Å². The highest BCUT2D eigenvalue weighted by Gasteiger charge is 2.10. The van der Waals surface area contributed by atoms with Gasteiger partial charge >= 0.3 is 0 Å². The average Bonchev–Trinajstić information content (AvgIpc) is 2.60. The van der Waals surface area contributed by atoms with Gasteiger partial charge in [-0.1, -0.05) is 0 Å². The van der Waals surface area contributed by atoms with Crippen molar-refractivity contribution in [2.75, 3.05) is 6.54 Å². The van der Waals surface area contributed by atoms with E-state index in [1.54, 1.807) is 11.4 Å². The molecule has 1 aromatic heterocycles. The fourth-order valence-corrected chi connectivity index (χ4v) is 2.13. The number of hydrogen-bond donors (Lipinski definition) is 3. The van der Waals surface area contributed by atoms with Gasteiger partial charge < -0.3 is 10.6 Å². The first-order valence-corrected chi connectivity index (χ1v) is 6.17. The van der Waals surface area contributed by atoms with Crippen LogP contribution in [0, 0.1) is 0 Å². The summed E-state index contributed by atoms with van der Waals surface area (Å²) >= 11 is 5.41. The van der Waals surface area contributed by atoms with Gasteiger partial charge in [0.1, 0.15) is 0 Å². The molecule has 0 aliphatic carbocycles. The molecule has 0 aliphatic heterocycles. The Morgan fingerprint density at radius 1 is 1.50 bits per heavy atom. The van der Waals surface area contributed by atoms with Crippen molar-refractivity contribution in [2.45, 2.75) is 24.8 Å². The van der Waals surface area contributed by atoms with Crippen molar-refractivity contribution in [2.24, 2.45) is 0 Å². The van der Waals surface area contributed by atoms with E-state index < -0.39 is 0 Å². The van der Waals surface area contributed by atoms with Gasteiger partial charge in [0, 0.05) is 16.3 Å². The molecule has 1 aromatic rings. The molecule has 0 unspecified atom stereocenters. The second-order valence-corrected chi connectivity index (χ2v) is 5.00. The van der Waals surface area contributed by atoms with E-state index in [4.69, 9.17) is 0 Å². The van der Waals surface area contributed by atoms with Gasteiger partial charge in [-0.3, -0.25) is 9.59 Å². The van der Waals surface area contributed by atoms with Crippen LogP contribution < -0.4 is 10.6 Å². The maximum absolute atomic E-state index is 11.5.